The summed E-state index contributed by atoms with van der Waals surface area (Å²) >= 11 is 2.30. The van der Waals surface area contributed by atoms with Gasteiger partial charge in [-0.15, -0.1) is 0 Å². The number of hydrogen-bond donors (Lipinski definition) is 0. The first kappa shape index (κ1) is 22.9. The van der Waals surface area contributed by atoms with Gasteiger partial charge in [0.25, 0.3) is 0 Å². The molecule has 0 bridgehead atoms. The number of likely N-dealkylation sites (N-methyl/N-ethyl adjacent to an activating group) is 1. The van der Waals surface area contributed by atoms with Crippen molar-refractivity contribution in [1.82, 2.24) is 4.90 Å². The Hall–Kier alpha value is -0.0800. The molecule has 0 aromatic rings. The number of rotatable bonds is 11. The fourth-order valence-electron chi connectivity index (χ4n) is 1.86. The molecule has 0 aliphatic carbocycles. The van der Waals surface area contributed by atoms with Gasteiger partial charge in [-0.05, 0) is 41.0 Å². The maximum atomic E-state index is 12.3. The molecule has 0 fully saturated rings. The van der Waals surface area contributed by atoms with Crippen LogP contribution in [0.15, 0.2) is 0 Å². The number of carbonyl (C=O) groups is 1. The number of hydrogen-bond acceptors (Lipinski definition) is 4. The van der Waals surface area contributed by atoms with Gasteiger partial charge in [0.1, 0.15) is 5.60 Å². The van der Waals surface area contributed by atoms with Crippen molar-refractivity contribution in [3.63, 3.8) is 0 Å². The fourth-order valence-corrected chi connectivity index (χ4v) is 2.32. The average molecular weight is 443 g/mol. The van der Waals surface area contributed by atoms with E-state index in [2.05, 4.69) is 29.5 Å². The van der Waals surface area contributed by atoms with Crippen LogP contribution < -0.4 is 0 Å². The maximum absolute atomic E-state index is 12.3. The number of amides is 1. The van der Waals surface area contributed by atoms with E-state index in [-0.39, 0.29) is 6.09 Å². The van der Waals surface area contributed by atoms with E-state index in [4.69, 9.17) is 14.2 Å². The Labute approximate surface area is 155 Å². The number of halogens is 1. The van der Waals surface area contributed by atoms with Gasteiger partial charge in [-0.3, -0.25) is 0 Å². The van der Waals surface area contributed by atoms with E-state index in [1.807, 2.05) is 34.6 Å². The van der Waals surface area contributed by atoms with Crippen LogP contribution in [0, 0.1) is 0 Å². The molecule has 0 saturated heterocycles. The van der Waals surface area contributed by atoms with Gasteiger partial charge in [0, 0.05) is 17.6 Å². The van der Waals surface area contributed by atoms with Gasteiger partial charge in [0.05, 0.1) is 25.4 Å². The second kappa shape index (κ2) is 11.5. The van der Waals surface area contributed by atoms with Crippen LogP contribution in [0.5, 0.6) is 0 Å². The minimum atomic E-state index is -0.487. The summed E-state index contributed by atoms with van der Waals surface area (Å²) in [6, 6.07) is 0. The lowest BCUT2D eigenvalue weighted by molar-refractivity contribution is -0.0601. The van der Waals surface area contributed by atoms with E-state index in [1.54, 1.807) is 4.90 Å². The van der Waals surface area contributed by atoms with Crippen molar-refractivity contribution in [1.29, 1.82) is 0 Å². The molecular formula is C17H34INO4. The van der Waals surface area contributed by atoms with Crippen LogP contribution in [-0.2, 0) is 14.2 Å². The van der Waals surface area contributed by atoms with Crippen LogP contribution in [-0.4, -0.2) is 59.5 Å². The zero-order valence-corrected chi connectivity index (χ0v) is 17.8. The largest absolute Gasteiger partial charge is 0.444 e. The Bertz CT molecular complexity index is 333. The van der Waals surface area contributed by atoms with Crippen molar-refractivity contribution >= 4 is 28.7 Å². The topological polar surface area (TPSA) is 48.0 Å². The summed E-state index contributed by atoms with van der Waals surface area (Å²) in [5.41, 5.74) is -0.888. The summed E-state index contributed by atoms with van der Waals surface area (Å²) in [5, 5.41) is 0. The highest BCUT2D eigenvalue weighted by Gasteiger charge is 2.30. The quantitative estimate of drug-likeness (QED) is 0.272. The predicted octanol–water partition coefficient (Wildman–Crippen LogP) is 4.27. The second-order valence-corrected chi connectivity index (χ2v) is 7.66. The van der Waals surface area contributed by atoms with Crippen molar-refractivity contribution in [3.8, 4) is 0 Å². The highest BCUT2D eigenvalue weighted by atomic mass is 127. The Morgan fingerprint density at radius 1 is 1.09 bits per heavy atom. The molecule has 0 heterocycles. The van der Waals surface area contributed by atoms with Crippen molar-refractivity contribution < 1.29 is 19.0 Å². The standard InChI is InChI=1S/C17H34INO4/c1-7-9-10-21-11-12-22-17(6,13-18)14-19(8-2)15(20)23-16(3,4)5/h7-14H2,1-6H3. The molecule has 1 amide bonds. The maximum Gasteiger partial charge on any atom is 0.410 e. The first-order chi connectivity index (χ1) is 10.7. The van der Waals surface area contributed by atoms with Gasteiger partial charge in [0.15, 0.2) is 0 Å². The van der Waals surface area contributed by atoms with Crippen molar-refractivity contribution in [2.24, 2.45) is 0 Å². The van der Waals surface area contributed by atoms with Crippen molar-refractivity contribution in [2.75, 3.05) is 37.3 Å². The normalized spacial score (nSPS) is 14.4. The molecule has 0 aliphatic heterocycles. The number of carbonyl (C=O) groups excluding carboxylic acids is 1. The summed E-state index contributed by atoms with van der Waals surface area (Å²) in [4.78, 5) is 13.9. The van der Waals surface area contributed by atoms with Gasteiger partial charge in [-0.25, -0.2) is 4.79 Å². The van der Waals surface area contributed by atoms with E-state index in [0.29, 0.717) is 26.3 Å². The molecule has 0 saturated carbocycles. The highest BCUT2D eigenvalue weighted by molar-refractivity contribution is 14.1. The van der Waals surface area contributed by atoms with Crippen LogP contribution in [0.1, 0.15) is 54.4 Å². The monoisotopic (exact) mass is 443 g/mol. The third-order valence-electron chi connectivity index (χ3n) is 3.16. The van der Waals surface area contributed by atoms with E-state index < -0.39 is 11.2 Å². The first-order valence-electron chi connectivity index (χ1n) is 8.43. The Kier molecular flexibility index (Phi) is 11.4. The van der Waals surface area contributed by atoms with Gasteiger partial charge in [-0.2, -0.15) is 0 Å². The number of ether oxygens (including phenoxy) is 3. The molecule has 0 aromatic carbocycles. The van der Waals surface area contributed by atoms with Crippen LogP contribution in [0.2, 0.25) is 0 Å². The summed E-state index contributed by atoms with van der Waals surface area (Å²) in [7, 11) is 0. The Morgan fingerprint density at radius 3 is 2.22 bits per heavy atom. The zero-order valence-electron chi connectivity index (χ0n) is 15.6. The van der Waals surface area contributed by atoms with Gasteiger partial charge in [0.2, 0.25) is 0 Å². The number of unbranched alkanes of at least 4 members (excludes halogenated alkanes) is 1. The molecular weight excluding hydrogens is 409 g/mol. The fraction of sp³-hybridized carbons (Fsp3) is 0.941. The van der Waals surface area contributed by atoms with Crippen LogP contribution in [0.4, 0.5) is 4.79 Å². The van der Waals surface area contributed by atoms with E-state index in [0.717, 1.165) is 23.9 Å². The minimum Gasteiger partial charge on any atom is -0.444 e. The second-order valence-electron chi connectivity index (χ2n) is 6.89. The average Bonchev–Trinajstić information content (AvgIpc) is 2.46. The van der Waals surface area contributed by atoms with Gasteiger partial charge >= 0.3 is 6.09 Å². The van der Waals surface area contributed by atoms with E-state index in [1.165, 1.54) is 0 Å². The molecule has 6 heteroatoms. The highest BCUT2D eigenvalue weighted by Crippen LogP contribution is 2.18. The van der Waals surface area contributed by atoms with E-state index in [9.17, 15) is 4.79 Å². The lowest BCUT2D eigenvalue weighted by Gasteiger charge is -2.34. The summed E-state index contributed by atoms with van der Waals surface area (Å²) in [6.45, 7) is 14.8. The molecule has 0 aromatic heterocycles. The number of nitrogens with zero attached hydrogens (tertiary/aromatic N) is 1. The van der Waals surface area contributed by atoms with Crippen LogP contribution in [0.25, 0.3) is 0 Å². The summed E-state index contributed by atoms with van der Waals surface area (Å²) in [5.74, 6) is 0. The molecule has 138 valence electrons. The minimum absolute atomic E-state index is 0.293. The molecule has 0 N–H and O–H groups in total. The smallest absolute Gasteiger partial charge is 0.410 e. The first-order valence-corrected chi connectivity index (χ1v) is 9.95. The third kappa shape index (κ3) is 11.2. The van der Waals surface area contributed by atoms with Gasteiger partial charge in [-0.1, -0.05) is 35.9 Å². The Morgan fingerprint density at radius 2 is 1.74 bits per heavy atom. The lowest BCUT2D eigenvalue weighted by Crippen LogP contribution is -2.48. The number of alkyl halides is 1. The van der Waals surface area contributed by atoms with Crippen LogP contribution >= 0.6 is 22.6 Å². The third-order valence-corrected chi connectivity index (χ3v) is 4.78. The van der Waals surface area contributed by atoms with Crippen LogP contribution in [0.3, 0.4) is 0 Å². The molecule has 23 heavy (non-hydrogen) atoms. The van der Waals surface area contributed by atoms with E-state index >= 15 is 0 Å². The molecule has 0 aliphatic rings. The molecule has 0 spiro atoms. The summed E-state index contributed by atoms with van der Waals surface area (Å²) in [6.07, 6.45) is 1.92. The molecule has 1 atom stereocenters. The Balaban J connectivity index is 4.41. The summed E-state index contributed by atoms with van der Waals surface area (Å²) < 4.78 is 17.8. The van der Waals surface area contributed by atoms with Crippen molar-refractivity contribution in [3.05, 3.63) is 0 Å². The zero-order chi connectivity index (χ0) is 17.9. The lowest BCUT2D eigenvalue weighted by atomic mass is 10.1. The van der Waals surface area contributed by atoms with Gasteiger partial charge < -0.3 is 19.1 Å². The molecule has 5 nitrogen and oxygen atoms in total. The SMILES string of the molecule is CCCCOCCOC(C)(CI)CN(CC)C(=O)OC(C)(C)C. The molecule has 0 rings (SSSR count). The molecule has 0 radical (unpaired) electrons. The van der Waals surface area contributed by atoms with Crippen molar-refractivity contribution in [2.45, 2.75) is 65.6 Å². The molecule has 1 unspecified atom stereocenters. The predicted molar refractivity (Wildman–Crippen MR) is 102 cm³/mol.